The van der Waals surface area contributed by atoms with Gasteiger partial charge in [-0.15, -0.1) is 0 Å². The highest BCUT2D eigenvalue weighted by Gasteiger charge is 2.61. The van der Waals surface area contributed by atoms with E-state index in [0.717, 1.165) is 23.7 Å². The fourth-order valence-electron chi connectivity index (χ4n) is 11.9. The molecule has 246 valence electrons. The van der Waals surface area contributed by atoms with Crippen molar-refractivity contribution in [3.05, 3.63) is 138 Å². The summed E-state index contributed by atoms with van der Waals surface area (Å²) in [5.74, 6) is 3.38. The number of nitrogens with zero attached hydrogens (tertiary/aromatic N) is 1. The number of benzene rings is 5. The molecule has 0 atom stereocenters. The Morgan fingerprint density at radius 1 is 0.449 bits per heavy atom. The van der Waals surface area contributed by atoms with Crippen molar-refractivity contribution in [1.82, 2.24) is 0 Å². The molecule has 0 aliphatic heterocycles. The number of rotatable bonds is 4. The van der Waals surface area contributed by atoms with Crippen molar-refractivity contribution in [2.75, 3.05) is 4.90 Å². The lowest BCUT2D eigenvalue weighted by Gasteiger charge is -2.61. The minimum absolute atomic E-state index is 0.141. The summed E-state index contributed by atoms with van der Waals surface area (Å²) in [6.45, 7) is 9.77. The molecule has 4 bridgehead atoms. The average molecular weight is 640 g/mol. The Hall–Kier alpha value is -4.10. The third kappa shape index (κ3) is 4.30. The minimum Gasteiger partial charge on any atom is -0.310 e. The SMILES string of the molecule is CC1(C)CCC(C)(C)c2cc(N(c3cccc(-c4ccccc4)c3)c3ccc4c(c3)C3(c5ccccc5-4)C4CC5CC(C4)CC3C5)ccc21. The lowest BCUT2D eigenvalue weighted by atomic mass is 9.43. The molecule has 0 aromatic heterocycles. The van der Waals surface area contributed by atoms with Crippen LogP contribution in [0.2, 0.25) is 0 Å². The topological polar surface area (TPSA) is 3.24 Å². The normalized spacial score (nSPS) is 27.8. The Labute approximate surface area is 293 Å². The van der Waals surface area contributed by atoms with Crippen LogP contribution in [-0.4, -0.2) is 0 Å². The molecule has 0 unspecified atom stereocenters. The van der Waals surface area contributed by atoms with E-state index in [1.807, 2.05) is 0 Å². The van der Waals surface area contributed by atoms with Gasteiger partial charge in [0.15, 0.2) is 0 Å². The maximum absolute atomic E-state index is 2.65. The molecule has 6 aliphatic rings. The van der Waals surface area contributed by atoms with Gasteiger partial charge in [-0.05, 0) is 160 Å². The van der Waals surface area contributed by atoms with Crippen molar-refractivity contribution >= 4 is 17.1 Å². The quantitative estimate of drug-likeness (QED) is 0.189. The Morgan fingerprint density at radius 3 is 1.76 bits per heavy atom. The molecule has 0 heterocycles. The summed E-state index contributed by atoms with van der Waals surface area (Å²) in [6.07, 6.45) is 9.55. The van der Waals surface area contributed by atoms with Gasteiger partial charge in [-0.1, -0.05) is 107 Å². The summed E-state index contributed by atoms with van der Waals surface area (Å²) < 4.78 is 0. The van der Waals surface area contributed by atoms with Gasteiger partial charge in [0, 0.05) is 22.5 Å². The maximum Gasteiger partial charge on any atom is 0.0467 e. The van der Waals surface area contributed by atoms with E-state index >= 15 is 0 Å². The molecule has 11 rings (SSSR count). The third-order valence-electron chi connectivity index (χ3n) is 14.1. The van der Waals surface area contributed by atoms with Gasteiger partial charge in [0.25, 0.3) is 0 Å². The Morgan fingerprint density at radius 2 is 1.02 bits per heavy atom. The molecular weight excluding hydrogens is 591 g/mol. The van der Waals surface area contributed by atoms with Crippen LogP contribution in [0.3, 0.4) is 0 Å². The van der Waals surface area contributed by atoms with E-state index in [4.69, 9.17) is 0 Å². The van der Waals surface area contributed by atoms with E-state index in [2.05, 4.69) is 148 Å². The average Bonchev–Trinajstić information content (AvgIpc) is 3.40. The molecule has 0 amide bonds. The molecule has 4 fully saturated rings. The first kappa shape index (κ1) is 29.8. The predicted octanol–water partition coefficient (Wildman–Crippen LogP) is 12.9. The highest BCUT2D eigenvalue weighted by Crippen LogP contribution is 2.69. The second-order valence-corrected chi connectivity index (χ2v) is 17.7. The van der Waals surface area contributed by atoms with Crippen LogP contribution in [-0.2, 0) is 16.2 Å². The smallest absolute Gasteiger partial charge is 0.0467 e. The Balaban J connectivity index is 1.19. The largest absolute Gasteiger partial charge is 0.310 e. The van der Waals surface area contributed by atoms with E-state index in [1.165, 1.54) is 95.4 Å². The van der Waals surface area contributed by atoms with Gasteiger partial charge < -0.3 is 4.90 Å². The first-order valence-electron chi connectivity index (χ1n) is 19.1. The molecule has 6 aliphatic carbocycles. The zero-order chi connectivity index (χ0) is 33.1. The molecule has 5 aromatic carbocycles. The van der Waals surface area contributed by atoms with Crippen molar-refractivity contribution in [2.24, 2.45) is 23.7 Å². The van der Waals surface area contributed by atoms with Crippen LogP contribution in [0.15, 0.2) is 115 Å². The van der Waals surface area contributed by atoms with Crippen molar-refractivity contribution in [3.8, 4) is 22.3 Å². The zero-order valence-corrected chi connectivity index (χ0v) is 29.7. The van der Waals surface area contributed by atoms with Crippen molar-refractivity contribution in [3.63, 3.8) is 0 Å². The fourth-order valence-corrected chi connectivity index (χ4v) is 11.9. The van der Waals surface area contributed by atoms with Gasteiger partial charge >= 0.3 is 0 Å². The van der Waals surface area contributed by atoms with Crippen LogP contribution in [0.4, 0.5) is 17.1 Å². The molecule has 1 nitrogen and oxygen atoms in total. The van der Waals surface area contributed by atoms with Crippen LogP contribution < -0.4 is 4.90 Å². The highest BCUT2D eigenvalue weighted by molar-refractivity contribution is 5.87. The second kappa shape index (κ2) is 10.5. The number of fused-ring (bicyclic) bond motifs is 4. The molecule has 0 saturated heterocycles. The van der Waals surface area contributed by atoms with Gasteiger partial charge in [0.05, 0.1) is 0 Å². The number of hydrogen-bond acceptors (Lipinski definition) is 1. The summed E-state index contributed by atoms with van der Waals surface area (Å²) in [7, 11) is 0. The Bertz CT molecular complexity index is 2070. The minimum atomic E-state index is 0.141. The number of anilines is 3. The molecule has 4 saturated carbocycles. The van der Waals surface area contributed by atoms with Crippen LogP contribution in [0.25, 0.3) is 22.3 Å². The molecule has 1 heteroatoms. The summed E-state index contributed by atoms with van der Waals surface area (Å²) in [5.41, 5.74) is 16.0. The zero-order valence-electron chi connectivity index (χ0n) is 29.7. The van der Waals surface area contributed by atoms with E-state index in [-0.39, 0.29) is 16.2 Å². The van der Waals surface area contributed by atoms with Crippen LogP contribution >= 0.6 is 0 Å². The summed E-state index contributed by atoms with van der Waals surface area (Å²) in [5, 5.41) is 0. The van der Waals surface area contributed by atoms with E-state index in [1.54, 1.807) is 11.1 Å². The van der Waals surface area contributed by atoms with E-state index in [9.17, 15) is 0 Å². The third-order valence-corrected chi connectivity index (χ3v) is 14.1. The van der Waals surface area contributed by atoms with Crippen LogP contribution in [0.5, 0.6) is 0 Å². The summed E-state index contributed by atoms with van der Waals surface area (Å²) >= 11 is 0. The van der Waals surface area contributed by atoms with Gasteiger partial charge in [-0.25, -0.2) is 0 Å². The van der Waals surface area contributed by atoms with Crippen LogP contribution in [0.1, 0.15) is 94.9 Å². The van der Waals surface area contributed by atoms with Crippen molar-refractivity contribution in [1.29, 1.82) is 0 Å². The van der Waals surface area contributed by atoms with Gasteiger partial charge in [-0.3, -0.25) is 0 Å². The van der Waals surface area contributed by atoms with Crippen molar-refractivity contribution in [2.45, 2.75) is 88.9 Å². The lowest BCUT2D eigenvalue weighted by Crippen LogP contribution is -2.55. The standard InChI is InChI=1S/C48H49N/c1-46(2)21-22-47(3,4)45-30-39(18-20-43(45)46)49(37-14-10-13-34(28-37)33-11-6-5-7-12-33)38-17-19-41-40-15-8-9-16-42(40)48(44(41)29-38)35-24-31-23-32(26-35)27-36(48)25-31/h5-20,28-32,35-36H,21-27H2,1-4H3. The molecular formula is C48H49N. The molecule has 0 N–H and O–H groups in total. The molecule has 0 radical (unpaired) electrons. The Kier molecular flexibility index (Phi) is 6.36. The van der Waals surface area contributed by atoms with Crippen molar-refractivity contribution < 1.29 is 0 Å². The van der Waals surface area contributed by atoms with Crippen LogP contribution in [0, 0.1) is 23.7 Å². The first-order valence-corrected chi connectivity index (χ1v) is 19.1. The predicted molar refractivity (Wildman–Crippen MR) is 205 cm³/mol. The molecule has 49 heavy (non-hydrogen) atoms. The van der Waals surface area contributed by atoms with E-state index < -0.39 is 0 Å². The summed E-state index contributed by atoms with van der Waals surface area (Å²) in [6, 6.07) is 44.6. The van der Waals surface area contributed by atoms with E-state index in [0.29, 0.717) is 0 Å². The monoisotopic (exact) mass is 639 g/mol. The number of hydrogen-bond donors (Lipinski definition) is 0. The maximum atomic E-state index is 2.65. The second-order valence-electron chi connectivity index (χ2n) is 17.7. The van der Waals surface area contributed by atoms with Gasteiger partial charge in [0.2, 0.25) is 0 Å². The van der Waals surface area contributed by atoms with Gasteiger partial charge in [-0.2, -0.15) is 0 Å². The molecule has 5 aromatic rings. The molecule has 1 spiro atoms. The summed E-state index contributed by atoms with van der Waals surface area (Å²) in [4.78, 5) is 2.58. The lowest BCUT2D eigenvalue weighted by molar-refractivity contribution is -0.0399. The fraction of sp³-hybridized carbons (Fsp3) is 0.375. The highest BCUT2D eigenvalue weighted by atomic mass is 15.1. The van der Waals surface area contributed by atoms with Gasteiger partial charge in [0.1, 0.15) is 0 Å². The first-order chi connectivity index (χ1) is 23.7.